The lowest BCUT2D eigenvalue weighted by molar-refractivity contribution is -0.128. The van der Waals surface area contributed by atoms with E-state index in [0.29, 0.717) is 13.0 Å². The van der Waals surface area contributed by atoms with Gasteiger partial charge in [0.2, 0.25) is 0 Å². The third kappa shape index (κ3) is 6.26. The van der Waals surface area contributed by atoms with Crippen LogP contribution in [0.15, 0.2) is 42.5 Å². The molecule has 0 aliphatic carbocycles. The lowest BCUT2D eigenvalue weighted by Crippen LogP contribution is -2.39. The molecule has 2 rings (SSSR count). The number of hydrogen-bond donors (Lipinski definition) is 1. The molecule has 1 amide bonds. The van der Waals surface area contributed by atoms with E-state index in [9.17, 15) is 4.79 Å². The number of carbonyl (C=O) groups excluding carboxylic acids is 1. The highest BCUT2D eigenvalue weighted by atomic mass is 35.5. The number of amides is 1. The minimum Gasteiger partial charge on any atom is -0.480 e. The van der Waals surface area contributed by atoms with Gasteiger partial charge >= 0.3 is 0 Å². The smallest absolute Gasteiger partial charge is 0.261 e. The largest absolute Gasteiger partial charge is 0.480 e. The lowest BCUT2D eigenvalue weighted by atomic mass is 10.1. The van der Waals surface area contributed by atoms with E-state index in [-0.39, 0.29) is 5.91 Å². The number of hydrogen-bond acceptors (Lipinski definition) is 3. The third-order valence-corrected chi connectivity index (χ3v) is 5.41. The molecule has 5 heteroatoms. The molecule has 0 aromatic heterocycles. The Labute approximate surface area is 165 Å². The number of aryl methyl sites for hydroxylation is 2. The molecular weight excluding hydrogens is 366 g/mol. The summed E-state index contributed by atoms with van der Waals surface area (Å²) in [5.74, 6) is 2.38. The van der Waals surface area contributed by atoms with Crippen molar-refractivity contribution in [3.63, 3.8) is 0 Å². The zero-order valence-electron chi connectivity index (χ0n) is 15.5. The number of thioether (sulfide) groups is 1. The highest BCUT2D eigenvalue weighted by Gasteiger charge is 2.18. The summed E-state index contributed by atoms with van der Waals surface area (Å²) in [5, 5.41) is 3.76. The second kappa shape index (κ2) is 10.5. The monoisotopic (exact) mass is 391 g/mol. The quantitative estimate of drug-likeness (QED) is 0.599. The van der Waals surface area contributed by atoms with Gasteiger partial charge in [0.05, 0.1) is 0 Å². The minimum atomic E-state index is -0.468. The number of nitrogens with one attached hydrogen (secondary N) is 1. The van der Waals surface area contributed by atoms with E-state index in [2.05, 4.69) is 5.32 Å². The van der Waals surface area contributed by atoms with Gasteiger partial charge in [0, 0.05) is 23.1 Å². The van der Waals surface area contributed by atoms with Gasteiger partial charge in [-0.1, -0.05) is 48.9 Å². The first-order chi connectivity index (χ1) is 12.5. The molecule has 0 unspecified atom stereocenters. The van der Waals surface area contributed by atoms with Crippen LogP contribution in [0.5, 0.6) is 5.75 Å². The molecule has 1 N–H and O–H groups in total. The van der Waals surface area contributed by atoms with Gasteiger partial charge in [0.15, 0.2) is 6.10 Å². The van der Waals surface area contributed by atoms with Crippen molar-refractivity contribution in [1.82, 2.24) is 5.32 Å². The van der Waals surface area contributed by atoms with Crippen molar-refractivity contribution < 1.29 is 9.53 Å². The summed E-state index contributed by atoms with van der Waals surface area (Å²) in [6, 6.07) is 13.9. The summed E-state index contributed by atoms with van der Waals surface area (Å²) in [4.78, 5) is 12.4. The minimum absolute atomic E-state index is 0.0632. The molecule has 26 heavy (non-hydrogen) atoms. The van der Waals surface area contributed by atoms with Crippen LogP contribution in [0, 0.1) is 13.8 Å². The molecule has 0 bridgehead atoms. The Morgan fingerprint density at radius 1 is 1.23 bits per heavy atom. The van der Waals surface area contributed by atoms with Crippen LogP contribution in [-0.4, -0.2) is 24.3 Å². The molecule has 0 aliphatic rings. The second-order valence-corrected chi connectivity index (χ2v) is 7.73. The Bertz CT molecular complexity index is 736. The van der Waals surface area contributed by atoms with Crippen LogP contribution in [0.2, 0.25) is 5.02 Å². The van der Waals surface area contributed by atoms with Gasteiger partial charge in [0.1, 0.15) is 5.75 Å². The Morgan fingerprint density at radius 2 is 2.00 bits per heavy atom. The Hall–Kier alpha value is -1.65. The Morgan fingerprint density at radius 3 is 2.73 bits per heavy atom. The van der Waals surface area contributed by atoms with Gasteiger partial charge < -0.3 is 10.1 Å². The molecule has 0 aliphatic heterocycles. The van der Waals surface area contributed by atoms with Crippen LogP contribution in [0.3, 0.4) is 0 Å². The number of halogens is 1. The average Bonchev–Trinajstić information content (AvgIpc) is 2.63. The van der Waals surface area contributed by atoms with Gasteiger partial charge in [-0.3, -0.25) is 4.79 Å². The van der Waals surface area contributed by atoms with Crippen molar-refractivity contribution in [3.8, 4) is 5.75 Å². The maximum Gasteiger partial charge on any atom is 0.261 e. The van der Waals surface area contributed by atoms with E-state index < -0.39 is 6.10 Å². The lowest BCUT2D eigenvalue weighted by Gasteiger charge is -2.19. The van der Waals surface area contributed by atoms with Crippen molar-refractivity contribution in [1.29, 1.82) is 0 Å². The fraction of sp³-hybridized carbons (Fsp3) is 0.381. The molecule has 2 aromatic carbocycles. The highest BCUT2D eigenvalue weighted by molar-refractivity contribution is 7.98. The normalized spacial score (nSPS) is 11.8. The van der Waals surface area contributed by atoms with E-state index in [1.165, 1.54) is 0 Å². The molecule has 0 saturated carbocycles. The molecule has 2 aromatic rings. The number of benzene rings is 2. The van der Waals surface area contributed by atoms with Crippen LogP contribution in [0.4, 0.5) is 0 Å². The van der Waals surface area contributed by atoms with Crippen LogP contribution in [0.25, 0.3) is 0 Å². The molecule has 0 heterocycles. The van der Waals surface area contributed by atoms with E-state index in [1.54, 1.807) is 11.8 Å². The molecule has 0 spiro atoms. The highest BCUT2D eigenvalue weighted by Crippen LogP contribution is 2.22. The second-order valence-electron chi connectivity index (χ2n) is 6.22. The van der Waals surface area contributed by atoms with E-state index in [0.717, 1.165) is 39.0 Å². The summed E-state index contributed by atoms with van der Waals surface area (Å²) in [6.45, 7) is 6.58. The zero-order chi connectivity index (χ0) is 18.9. The van der Waals surface area contributed by atoms with Crippen molar-refractivity contribution in [2.75, 3.05) is 12.3 Å². The standard InChI is InChI=1S/C21H26ClNO2S/c1-4-19(25-20-13-15(2)9-10-16(20)3)21(24)23-11-12-26-14-17-7-5-6-8-18(17)22/h5-10,13,19H,4,11-12,14H2,1-3H3,(H,23,24)/t19-/m0/s1. The fourth-order valence-electron chi connectivity index (χ4n) is 2.47. The van der Waals surface area contributed by atoms with Crippen LogP contribution in [0.1, 0.15) is 30.0 Å². The first kappa shape index (κ1) is 20.7. The van der Waals surface area contributed by atoms with Gasteiger partial charge in [0.25, 0.3) is 5.91 Å². The topological polar surface area (TPSA) is 38.3 Å². The van der Waals surface area contributed by atoms with Crippen LogP contribution in [-0.2, 0) is 10.5 Å². The van der Waals surface area contributed by atoms with Crippen LogP contribution < -0.4 is 10.1 Å². The third-order valence-electron chi connectivity index (χ3n) is 4.04. The molecule has 0 saturated heterocycles. The first-order valence-corrected chi connectivity index (χ1v) is 10.4. The summed E-state index contributed by atoms with van der Waals surface area (Å²) < 4.78 is 5.94. The van der Waals surface area contributed by atoms with Crippen molar-refractivity contribution >= 4 is 29.3 Å². The molecular formula is C21H26ClNO2S. The summed E-state index contributed by atoms with van der Waals surface area (Å²) in [5.41, 5.74) is 3.28. The Kier molecular flexibility index (Phi) is 8.33. The van der Waals surface area contributed by atoms with E-state index in [1.807, 2.05) is 63.2 Å². The number of ether oxygens (including phenoxy) is 1. The van der Waals surface area contributed by atoms with Crippen LogP contribution >= 0.6 is 23.4 Å². The van der Waals surface area contributed by atoms with Gasteiger partial charge in [-0.2, -0.15) is 11.8 Å². The van der Waals surface area contributed by atoms with Gasteiger partial charge in [-0.05, 0) is 49.1 Å². The molecule has 140 valence electrons. The SMILES string of the molecule is CC[C@H](Oc1cc(C)ccc1C)C(=O)NCCSCc1ccccc1Cl. The predicted octanol–water partition coefficient (Wildman–Crippen LogP) is 5.16. The van der Waals surface area contributed by atoms with Gasteiger partial charge in [-0.25, -0.2) is 0 Å². The maximum absolute atomic E-state index is 12.4. The Balaban J connectivity index is 1.76. The molecule has 0 radical (unpaired) electrons. The number of rotatable bonds is 9. The van der Waals surface area contributed by atoms with E-state index in [4.69, 9.17) is 16.3 Å². The van der Waals surface area contributed by atoms with Gasteiger partial charge in [-0.15, -0.1) is 0 Å². The molecule has 3 nitrogen and oxygen atoms in total. The predicted molar refractivity (Wildman–Crippen MR) is 111 cm³/mol. The average molecular weight is 392 g/mol. The zero-order valence-corrected chi connectivity index (χ0v) is 17.1. The summed E-state index contributed by atoms with van der Waals surface area (Å²) >= 11 is 7.90. The maximum atomic E-state index is 12.4. The fourth-order valence-corrected chi connectivity index (χ4v) is 3.61. The summed E-state index contributed by atoms with van der Waals surface area (Å²) in [6.07, 6.45) is 0.162. The first-order valence-electron chi connectivity index (χ1n) is 8.84. The van der Waals surface area contributed by atoms with Crippen molar-refractivity contribution in [2.45, 2.75) is 39.0 Å². The van der Waals surface area contributed by atoms with Crippen molar-refractivity contribution in [2.24, 2.45) is 0 Å². The molecule has 1 atom stereocenters. The number of carbonyl (C=O) groups is 1. The summed E-state index contributed by atoms with van der Waals surface area (Å²) in [7, 11) is 0. The molecule has 0 fully saturated rings. The van der Waals surface area contributed by atoms with E-state index >= 15 is 0 Å². The van der Waals surface area contributed by atoms with Crippen molar-refractivity contribution in [3.05, 3.63) is 64.2 Å².